The Morgan fingerprint density at radius 3 is 1.77 bits per heavy atom. The Balaban J connectivity index is 1.24. The summed E-state index contributed by atoms with van der Waals surface area (Å²) in [5.41, 5.74) is 11.6. The van der Waals surface area contributed by atoms with Crippen molar-refractivity contribution >= 4 is 21.8 Å². The molecule has 244 valence electrons. The summed E-state index contributed by atoms with van der Waals surface area (Å²) in [4.78, 5) is 0. The number of fused-ring (bicyclic) bond motifs is 11. The van der Waals surface area contributed by atoms with Crippen LogP contribution in [0.1, 0.15) is 22.3 Å². The zero-order valence-corrected chi connectivity index (χ0v) is 28.2. The van der Waals surface area contributed by atoms with Crippen LogP contribution in [0.3, 0.4) is 0 Å². The van der Waals surface area contributed by atoms with Gasteiger partial charge in [-0.15, -0.1) is 0 Å². The second kappa shape index (κ2) is 11.1. The predicted octanol–water partition coefficient (Wildman–Crippen LogP) is 12.7. The van der Waals surface area contributed by atoms with Gasteiger partial charge in [0.2, 0.25) is 0 Å². The van der Waals surface area contributed by atoms with E-state index in [1.54, 1.807) is 0 Å². The van der Waals surface area contributed by atoms with Crippen LogP contribution in [-0.2, 0) is 5.41 Å². The summed E-state index contributed by atoms with van der Waals surface area (Å²) in [6.45, 7) is 0. The normalized spacial score (nSPS) is 13.5. The third kappa shape index (κ3) is 3.96. The van der Waals surface area contributed by atoms with Gasteiger partial charge in [0.15, 0.2) is 0 Å². The number of rotatable bonds is 3. The fourth-order valence-electron chi connectivity index (χ4n) is 8.82. The molecule has 52 heavy (non-hydrogen) atoms. The quantitative estimate of drug-likeness (QED) is 0.187. The van der Waals surface area contributed by atoms with Crippen molar-refractivity contribution in [3.8, 4) is 50.9 Å². The Morgan fingerprint density at radius 2 is 0.981 bits per heavy atom. The molecule has 0 saturated heterocycles. The molecule has 0 aliphatic carbocycles. The summed E-state index contributed by atoms with van der Waals surface area (Å²) in [5.74, 6) is 3.39. The van der Waals surface area contributed by atoms with Gasteiger partial charge < -0.3 is 14.0 Å². The zero-order chi connectivity index (χ0) is 34.2. The second-order valence-electron chi connectivity index (χ2n) is 13.6. The van der Waals surface area contributed by atoms with E-state index in [1.165, 1.54) is 16.3 Å². The van der Waals surface area contributed by atoms with Gasteiger partial charge in [-0.3, -0.25) is 0 Å². The van der Waals surface area contributed by atoms with Crippen LogP contribution < -0.4 is 9.47 Å². The van der Waals surface area contributed by atoms with E-state index in [0.717, 1.165) is 78.7 Å². The summed E-state index contributed by atoms with van der Waals surface area (Å²) >= 11 is 0. The van der Waals surface area contributed by atoms with Gasteiger partial charge in [0.1, 0.15) is 23.0 Å². The predicted molar refractivity (Wildman–Crippen MR) is 210 cm³/mol. The van der Waals surface area contributed by atoms with Crippen molar-refractivity contribution in [2.45, 2.75) is 5.41 Å². The molecule has 3 nitrogen and oxygen atoms in total. The molecule has 9 aromatic rings. The van der Waals surface area contributed by atoms with Crippen molar-refractivity contribution in [2.24, 2.45) is 0 Å². The van der Waals surface area contributed by atoms with Crippen molar-refractivity contribution in [3.05, 3.63) is 210 Å². The van der Waals surface area contributed by atoms with Crippen molar-refractivity contribution in [2.75, 3.05) is 0 Å². The minimum atomic E-state index is -0.722. The van der Waals surface area contributed by atoms with E-state index in [4.69, 9.17) is 9.47 Å². The number of nitrogens with zero attached hydrogens (tertiary/aromatic N) is 1. The molecule has 2 aliphatic rings. The third-order valence-electron chi connectivity index (χ3n) is 10.9. The summed E-state index contributed by atoms with van der Waals surface area (Å²) in [7, 11) is 0. The Hall–Kier alpha value is -6.84. The summed E-state index contributed by atoms with van der Waals surface area (Å²) in [5, 5.41) is 2.45. The molecule has 3 heterocycles. The number of aromatic nitrogens is 1. The molecule has 3 heteroatoms. The Morgan fingerprint density at radius 1 is 0.385 bits per heavy atom. The van der Waals surface area contributed by atoms with Crippen LogP contribution in [0.4, 0.5) is 0 Å². The fraction of sp³-hybridized carbons (Fsp3) is 0.0204. The summed E-state index contributed by atoms with van der Waals surface area (Å²) in [6.07, 6.45) is 0. The van der Waals surface area contributed by atoms with Gasteiger partial charge in [-0.2, -0.15) is 0 Å². The first kappa shape index (κ1) is 28.9. The van der Waals surface area contributed by atoms with E-state index >= 15 is 0 Å². The van der Waals surface area contributed by atoms with Crippen molar-refractivity contribution in [3.63, 3.8) is 0 Å². The molecule has 0 amide bonds. The highest BCUT2D eigenvalue weighted by molar-refractivity contribution is 6.10. The molecule has 1 spiro atoms. The van der Waals surface area contributed by atoms with Gasteiger partial charge in [0.05, 0.1) is 16.4 Å². The molecule has 8 aromatic carbocycles. The van der Waals surface area contributed by atoms with Crippen molar-refractivity contribution in [1.82, 2.24) is 4.57 Å². The van der Waals surface area contributed by atoms with E-state index in [9.17, 15) is 0 Å². The maximum Gasteiger partial charge on any atom is 0.140 e. The standard InChI is InChI=1S/C49H31NO2/c1-3-15-32(16-4-1)35-20-14-28-46-47(35)49(39-22-8-11-26-44(39)51-45-27-12-9-23-40(45)49)41-24-13-21-36(48(41)52-46)33-29-30-38-37-19-7-10-25-42(37)50(43(38)31-33)34-17-5-2-6-18-34/h1-31H. The Labute approximate surface area is 301 Å². The molecule has 0 fully saturated rings. The largest absolute Gasteiger partial charge is 0.457 e. The highest BCUT2D eigenvalue weighted by Crippen LogP contribution is 2.64. The molecule has 1 aromatic heterocycles. The second-order valence-corrected chi connectivity index (χ2v) is 13.6. The summed E-state index contributed by atoms with van der Waals surface area (Å²) < 4.78 is 16.3. The number of benzene rings is 8. The smallest absolute Gasteiger partial charge is 0.140 e. The van der Waals surface area contributed by atoms with Gasteiger partial charge >= 0.3 is 0 Å². The molecular formula is C49H31NO2. The fourth-order valence-corrected chi connectivity index (χ4v) is 8.82. The first-order valence-electron chi connectivity index (χ1n) is 17.8. The van der Waals surface area contributed by atoms with Gasteiger partial charge in [-0.25, -0.2) is 0 Å². The van der Waals surface area contributed by atoms with Crippen LogP contribution in [0.2, 0.25) is 0 Å². The lowest BCUT2D eigenvalue weighted by Gasteiger charge is -2.46. The maximum atomic E-state index is 7.22. The Kier molecular flexibility index (Phi) is 6.17. The molecular weight excluding hydrogens is 635 g/mol. The molecule has 0 radical (unpaired) electrons. The highest BCUT2D eigenvalue weighted by atomic mass is 16.5. The van der Waals surface area contributed by atoms with Crippen LogP contribution in [0.25, 0.3) is 49.7 Å². The molecule has 0 N–H and O–H groups in total. The number of ether oxygens (including phenoxy) is 2. The highest BCUT2D eigenvalue weighted by Gasteiger charge is 2.52. The monoisotopic (exact) mass is 665 g/mol. The minimum Gasteiger partial charge on any atom is -0.457 e. The van der Waals surface area contributed by atoms with Crippen molar-refractivity contribution in [1.29, 1.82) is 0 Å². The molecule has 0 saturated carbocycles. The van der Waals surface area contributed by atoms with Crippen LogP contribution in [0.15, 0.2) is 188 Å². The number of hydrogen-bond donors (Lipinski definition) is 0. The van der Waals surface area contributed by atoms with E-state index in [0.29, 0.717) is 0 Å². The average Bonchev–Trinajstić information content (AvgIpc) is 3.54. The summed E-state index contributed by atoms with van der Waals surface area (Å²) in [6, 6.07) is 66.9. The van der Waals surface area contributed by atoms with Crippen LogP contribution >= 0.6 is 0 Å². The average molecular weight is 666 g/mol. The third-order valence-corrected chi connectivity index (χ3v) is 10.9. The van der Waals surface area contributed by atoms with Crippen LogP contribution in [-0.4, -0.2) is 4.57 Å². The molecule has 2 aliphatic heterocycles. The number of hydrogen-bond acceptors (Lipinski definition) is 2. The molecule has 0 bridgehead atoms. The minimum absolute atomic E-state index is 0.722. The van der Waals surface area contributed by atoms with E-state index in [2.05, 4.69) is 193 Å². The Bertz CT molecular complexity index is 2810. The van der Waals surface area contributed by atoms with E-state index in [1.807, 2.05) is 0 Å². The zero-order valence-electron chi connectivity index (χ0n) is 28.2. The van der Waals surface area contributed by atoms with Gasteiger partial charge in [0.25, 0.3) is 0 Å². The number of para-hydroxylation sites is 5. The molecule has 0 unspecified atom stereocenters. The van der Waals surface area contributed by atoms with Crippen molar-refractivity contribution < 1.29 is 9.47 Å². The lowest BCUT2D eigenvalue weighted by atomic mass is 9.60. The van der Waals surface area contributed by atoms with E-state index < -0.39 is 5.41 Å². The topological polar surface area (TPSA) is 23.4 Å². The van der Waals surface area contributed by atoms with Gasteiger partial charge in [-0.05, 0) is 59.2 Å². The SMILES string of the molecule is c1ccc(-c2cccc3c2C2(c4ccccc4Oc4ccccc42)c2cccc(-c4ccc5c6ccccc6n(-c6ccccc6)c5c4)c2O3)cc1. The van der Waals surface area contributed by atoms with Gasteiger partial charge in [0, 0.05) is 44.3 Å². The first-order valence-corrected chi connectivity index (χ1v) is 17.8. The molecule has 11 rings (SSSR count). The first-order chi connectivity index (χ1) is 25.8. The molecule has 0 atom stereocenters. The lowest BCUT2D eigenvalue weighted by Crippen LogP contribution is -2.37. The van der Waals surface area contributed by atoms with Crippen LogP contribution in [0, 0.1) is 0 Å². The van der Waals surface area contributed by atoms with Crippen LogP contribution in [0.5, 0.6) is 23.0 Å². The lowest BCUT2D eigenvalue weighted by molar-refractivity contribution is 0.401. The van der Waals surface area contributed by atoms with E-state index in [-0.39, 0.29) is 0 Å². The van der Waals surface area contributed by atoms with Gasteiger partial charge in [-0.1, -0.05) is 146 Å². The maximum absolute atomic E-state index is 7.22.